The average Bonchev–Trinajstić information content (AvgIpc) is 2.48. The van der Waals surface area contributed by atoms with Crippen LogP contribution in [0.4, 0.5) is 0 Å². The quantitative estimate of drug-likeness (QED) is 0.838. The number of carboxylic acids is 1. The summed E-state index contributed by atoms with van der Waals surface area (Å²) < 4.78 is 26.5. The Morgan fingerprint density at radius 1 is 1.14 bits per heavy atom. The van der Waals surface area contributed by atoms with Crippen LogP contribution in [-0.2, 0) is 16.4 Å². The normalized spacial score (nSPS) is 11.2. The van der Waals surface area contributed by atoms with Crippen LogP contribution in [0.25, 0.3) is 0 Å². The number of hydrogen-bond donors (Lipinski definition) is 2. The molecule has 0 aliphatic heterocycles. The molecule has 2 N–H and O–H groups in total. The second kappa shape index (κ2) is 6.47. The van der Waals surface area contributed by atoms with Gasteiger partial charge in [-0.3, -0.25) is 4.98 Å². The molecule has 1 aromatic heterocycles. The Morgan fingerprint density at radius 3 is 2.43 bits per heavy atom. The molecule has 0 atom stereocenters. The lowest BCUT2D eigenvalue weighted by Crippen LogP contribution is -2.26. The SMILES string of the molecule is O=C(O)c1ccc(S(=O)(=O)NCCc2ccccn2)cc1. The molecule has 110 valence electrons. The van der Waals surface area contributed by atoms with E-state index >= 15 is 0 Å². The molecule has 1 heterocycles. The minimum absolute atomic E-state index is 0.0357. The highest BCUT2D eigenvalue weighted by molar-refractivity contribution is 7.89. The van der Waals surface area contributed by atoms with Crippen LogP contribution in [0.1, 0.15) is 16.1 Å². The van der Waals surface area contributed by atoms with E-state index in [1.54, 1.807) is 12.3 Å². The van der Waals surface area contributed by atoms with E-state index in [-0.39, 0.29) is 17.0 Å². The summed E-state index contributed by atoms with van der Waals surface area (Å²) in [6.07, 6.45) is 2.13. The van der Waals surface area contributed by atoms with Crippen molar-refractivity contribution in [2.45, 2.75) is 11.3 Å². The van der Waals surface area contributed by atoms with Crippen LogP contribution in [0, 0.1) is 0 Å². The Kier molecular flexibility index (Phi) is 4.66. The van der Waals surface area contributed by atoms with Crippen LogP contribution in [0.15, 0.2) is 53.6 Å². The Hall–Kier alpha value is -2.25. The van der Waals surface area contributed by atoms with E-state index in [1.165, 1.54) is 24.3 Å². The van der Waals surface area contributed by atoms with Crippen LogP contribution in [0.2, 0.25) is 0 Å². The fourth-order valence-electron chi connectivity index (χ4n) is 1.72. The third-order valence-electron chi connectivity index (χ3n) is 2.81. The van der Waals surface area contributed by atoms with Crippen LogP contribution >= 0.6 is 0 Å². The van der Waals surface area contributed by atoms with E-state index in [0.29, 0.717) is 6.42 Å². The topological polar surface area (TPSA) is 96.4 Å². The predicted octanol–water partition coefficient (Wildman–Crippen LogP) is 1.30. The van der Waals surface area contributed by atoms with Gasteiger partial charge in [-0.15, -0.1) is 0 Å². The van der Waals surface area contributed by atoms with Crippen molar-refractivity contribution >= 4 is 16.0 Å². The molecule has 2 rings (SSSR count). The maximum atomic E-state index is 12.0. The lowest BCUT2D eigenvalue weighted by molar-refractivity contribution is 0.0696. The first kappa shape index (κ1) is 15.1. The first-order valence-corrected chi connectivity index (χ1v) is 7.70. The Morgan fingerprint density at radius 2 is 1.86 bits per heavy atom. The molecule has 0 saturated carbocycles. The standard InChI is InChI=1S/C14H14N2O4S/c17-14(18)11-4-6-13(7-5-11)21(19,20)16-10-8-12-3-1-2-9-15-12/h1-7,9,16H,8,10H2,(H,17,18). The molecule has 0 saturated heterocycles. The fourth-order valence-corrected chi connectivity index (χ4v) is 2.75. The van der Waals surface area contributed by atoms with Crippen molar-refractivity contribution in [2.24, 2.45) is 0 Å². The van der Waals surface area contributed by atoms with Gasteiger partial charge in [-0.25, -0.2) is 17.9 Å². The van der Waals surface area contributed by atoms with E-state index < -0.39 is 16.0 Å². The van der Waals surface area contributed by atoms with Gasteiger partial charge in [0.15, 0.2) is 0 Å². The molecule has 0 amide bonds. The first-order valence-electron chi connectivity index (χ1n) is 6.22. The van der Waals surface area contributed by atoms with Crippen molar-refractivity contribution in [1.82, 2.24) is 9.71 Å². The van der Waals surface area contributed by atoms with Crippen molar-refractivity contribution in [3.63, 3.8) is 0 Å². The molecule has 6 nitrogen and oxygen atoms in total. The molecule has 21 heavy (non-hydrogen) atoms. The minimum atomic E-state index is -3.64. The van der Waals surface area contributed by atoms with Gasteiger partial charge in [0, 0.05) is 24.9 Å². The van der Waals surface area contributed by atoms with Gasteiger partial charge < -0.3 is 5.11 Å². The number of carboxylic acid groups (broad SMARTS) is 1. The molecule has 7 heteroatoms. The van der Waals surface area contributed by atoms with Crippen LogP contribution in [-0.4, -0.2) is 31.0 Å². The van der Waals surface area contributed by atoms with Crippen molar-refractivity contribution in [3.05, 3.63) is 59.9 Å². The molecular formula is C14H14N2O4S. The van der Waals surface area contributed by atoms with Crippen molar-refractivity contribution in [1.29, 1.82) is 0 Å². The number of nitrogens with zero attached hydrogens (tertiary/aromatic N) is 1. The van der Waals surface area contributed by atoms with Crippen molar-refractivity contribution in [2.75, 3.05) is 6.54 Å². The fraction of sp³-hybridized carbons (Fsp3) is 0.143. The zero-order valence-corrected chi connectivity index (χ0v) is 11.9. The molecule has 0 unspecified atom stereocenters. The summed E-state index contributed by atoms with van der Waals surface area (Å²) in [5.74, 6) is -1.10. The van der Waals surface area contributed by atoms with E-state index in [4.69, 9.17) is 5.11 Å². The smallest absolute Gasteiger partial charge is 0.335 e. The third-order valence-corrected chi connectivity index (χ3v) is 4.29. The van der Waals surface area contributed by atoms with Gasteiger partial charge in [-0.2, -0.15) is 0 Å². The number of nitrogens with one attached hydrogen (secondary N) is 1. The molecular weight excluding hydrogens is 292 g/mol. The number of rotatable bonds is 6. The van der Waals surface area contributed by atoms with Gasteiger partial charge in [0.2, 0.25) is 10.0 Å². The maximum absolute atomic E-state index is 12.0. The van der Waals surface area contributed by atoms with Gasteiger partial charge >= 0.3 is 5.97 Å². The summed E-state index contributed by atoms with van der Waals surface area (Å²) in [6, 6.07) is 10.5. The summed E-state index contributed by atoms with van der Waals surface area (Å²) in [5, 5.41) is 8.77. The number of sulfonamides is 1. The maximum Gasteiger partial charge on any atom is 0.335 e. The molecule has 0 spiro atoms. The molecule has 0 fully saturated rings. The second-order valence-electron chi connectivity index (χ2n) is 4.30. The summed E-state index contributed by atoms with van der Waals surface area (Å²) in [5.41, 5.74) is 0.837. The lowest BCUT2D eigenvalue weighted by Gasteiger charge is -2.06. The zero-order chi connectivity index (χ0) is 15.3. The van der Waals surface area contributed by atoms with Crippen molar-refractivity contribution in [3.8, 4) is 0 Å². The Balaban J connectivity index is 2.00. The third kappa shape index (κ3) is 4.11. The number of hydrogen-bond acceptors (Lipinski definition) is 4. The Bertz CT molecular complexity index is 712. The van der Waals surface area contributed by atoms with E-state index in [1.807, 2.05) is 12.1 Å². The zero-order valence-electron chi connectivity index (χ0n) is 11.1. The van der Waals surface area contributed by atoms with E-state index in [9.17, 15) is 13.2 Å². The van der Waals surface area contributed by atoms with Gasteiger partial charge in [-0.1, -0.05) is 6.07 Å². The predicted molar refractivity (Wildman–Crippen MR) is 76.5 cm³/mol. The Labute approximate surface area is 122 Å². The number of aromatic nitrogens is 1. The van der Waals surface area contributed by atoms with Gasteiger partial charge in [0.1, 0.15) is 0 Å². The molecule has 2 aromatic rings. The van der Waals surface area contributed by atoms with Crippen LogP contribution in [0.5, 0.6) is 0 Å². The van der Waals surface area contributed by atoms with Gasteiger partial charge in [-0.05, 0) is 36.4 Å². The summed E-state index contributed by atoms with van der Waals surface area (Å²) in [7, 11) is -3.64. The van der Waals surface area contributed by atoms with E-state index in [2.05, 4.69) is 9.71 Å². The van der Waals surface area contributed by atoms with E-state index in [0.717, 1.165) is 5.69 Å². The van der Waals surface area contributed by atoms with Gasteiger partial charge in [0.05, 0.1) is 10.5 Å². The minimum Gasteiger partial charge on any atom is -0.478 e. The summed E-state index contributed by atoms with van der Waals surface area (Å²) >= 11 is 0. The number of aromatic carboxylic acids is 1. The molecule has 0 bridgehead atoms. The molecule has 0 radical (unpaired) electrons. The number of benzene rings is 1. The highest BCUT2D eigenvalue weighted by atomic mass is 32.2. The van der Waals surface area contributed by atoms with Gasteiger partial charge in [0.25, 0.3) is 0 Å². The summed E-state index contributed by atoms with van der Waals surface area (Å²) in [4.78, 5) is 14.9. The monoisotopic (exact) mass is 306 g/mol. The summed E-state index contributed by atoms with van der Waals surface area (Å²) in [6.45, 7) is 0.222. The first-order chi connectivity index (χ1) is 9.99. The molecule has 1 aromatic carbocycles. The highest BCUT2D eigenvalue weighted by Crippen LogP contribution is 2.10. The largest absolute Gasteiger partial charge is 0.478 e. The van der Waals surface area contributed by atoms with Crippen LogP contribution < -0.4 is 4.72 Å². The van der Waals surface area contributed by atoms with Crippen LogP contribution in [0.3, 0.4) is 0 Å². The lowest BCUT2D eigenvalue weighted by atomic mass is 10.2. The molecule has 0 aliphatic rings. The number of carbonyl (C=O) groups is 1. The molecule has 0 aliphatic carbocycles. The average molecular weight is 306 g/mol. The highest BCUT2D eigenvalue weighted by Gasteiger charge is 2.14. The second-order valence-corrected chi connectivity index (χ2v) is 6.07. The van der Waals surface area contributed by atoms with Crippen molar-refractivity contribution < 1.29 is 18.3 Å². The number of pyridine rings is 1.